The molecule has 18 heavy (non-hydrogen) atoms. The Kier molecular flexibility index (Phi) is 4.10. The van der Waals surface area contributed by atoms with Crippen LogP contribution in [0.1, 0.15) is 5.56 Å². The van der Waals surface area contributed by atoms with Gasteiger partial charge < -0.3 is 10.5 Å². The number of methoxy groups -OCH3 is 1. The second-order valence-electron chi connectivity index (χ2n) is 3.80. The van der Waals surface area contributed by atoms with Crippen LogP contribution in [-0.2, 0) is 5.75 Å². The van der Waals surface area contributed by atoms with Crippen LogP contribution in [0.3, 0.4) is 0 Å². The maximum absolute atomic E-state index is 13.4. The largest absolute Gasteiger partial charge is 0.494 e. The first-order valence-electron chi connectivity index (χ1n) is 5.50. The smallest absolute Gasteiger partial charge is 0.167 e. The molecule has 0 amide bonds. The van der Waals surface area contributed by atoms with Crippen molar-refractivity contribution in [2.45, 2.75) is 10.6 Å². The summed E-state index contributed by atoms with van der Waals surface area (Å²) in [4.78, 5) is 0.831. The Hall–Kier alpha value is -1.68. The molecule has 0 heterocycles. The van der Waals surface area contributed by atoms with Crippen LogP contribution in [0, 0.1) is 5.82 Å². The predicted octanol–water partition coefficient (Wildman–Crippen LogP) is 3.71. The molecule has 0 aliphatic rings. The van der Waals surface area contributed by atoms with Gasteiger partial charge in [-0.2, -0.15) is 0 Å². The van der Waals surface area contributed by atoms with Crippen molar-refractivity contribution in [3.8, 4) is 5.75 Å². The molecule has 0 fully saturated rings. The molecule has 0 saturated carbocycles. The lowest BCUT2D eigenvalue weighted by atomic mass is 10.2. The van der Waals surface area contributed by atoms with E-state index in [1.807, 2.05) is 30.3 Å². The van der Waals surface area contributed by atoms with Gasteiger partial charge >= 0.3 is 0 Å². The monoisotopic (exact) mass is 263 g/mol. The Bertz CT molecular complexity index is 531. The molecular weight excluding hydrogens is 249 g/mol. The van der Waals surface area contributed by atoms with E-state index in [-0.39, 0.29) is 5.75 Å². The van der Waals surface area contributed by atoms with Crippen LogP contribution in [-0.4, -0.2) is 7.11 Å². The quantitative estimate of drug-likeness (QED) is 0.674. The molecule has 0 aromatic heterocycles. The highest BCUT2D eigenvalue weighted by atomic mass is 32.2. The number of ether oxygens (including phenoxy) is 1. The van der Waals surface area contributed by atoms with Gasteiger partial charge in [0, 0.05) is 22.4 Å². The molecule has 0 spiro atoms. The third-order valence-electron chi connectivity index (χ3n) is 2.52. The molecule has 2 aromatic rings. The molecule has 0 aliphatic carbocycles. The number of benzene rings is 2. The van der Waals surface area contributed by atoms with Crippen molar-refractivity contribution in [1.29, 1.82) is 0 Å². The fraction of sp³-hybridized carbons (Fsp3) is 0.143. The van der Waals surface area contributed by atoms with Crippen LogP contribution < -0.4 is 10.5 Å². The zero-order chi connectivity index (χ0) is 13.0. The summed E-state index contributed by atoms with van der Waals surface area (Å²) in [6.07, 6.45) is 0. The van der Waals surface area contributed by atoms with Gasteiger partial charge in [0.1, 0.15) is 0 Å². The molecule has 2 rings (SSSR count). The lowest BCUT2D eigenvalue weighted by molar-refractivity contribution is 0.385. The number of nitrogen functional groups attached to an aromatic ring is 1. The average molecular weight is 263 g/mol. The maximum atomic E-state index is 13.4. The van der Waals surface area contributed by atoms with Gasteiger partial charge in [-0.3, -0.25) is 0 Å². The van der Waals surface area contributed by atoms with Crippen molar-refractivity contribution in [1.82, 2.24) is 0 Å². The second-order valence-corrected chi connectivity index (χ2v) is 4.82. The summed E-state index contributed by atoms with van der Waals surface area (Å²) in [5.41, 5.74) is 7.43. The van der Waals surface area contributed by atoms with Crippen LogP contribution in [0.2, 0.25) is 0 Å². The first-order chi connectivity index (χ1) is 8.70. The van der Waals surface area contributed by atoms with E-state index in [0.29, 0.717) is 5.69 Å². The summed E-state index contributed by atoms with van der Waals surface area (Å²) in [6, 6.07) is 13.0. The van der Waals surface area contributed by atoms with Gasteiger partial charge in [0.25, 0.3) is 0 Å². The van der Waals surface area contributed by atoms with E-state index in [1.54, 1.807) is 17.8 Å². The van der Waals surface area contributed by atoms with Crippen LogP contribution in [0.15, 0.2) is 47.4 Å². The standard InChI is InChI=1S/C14H14FNOS/c1-17-13-8-14(12(16)7-11(13)15)18-9-10-5-3-2-4-6-10/h2-8H,9,16H2,1H3. The van der Waals surface area contributed by atoms with Crippen molar-refractivity contribution in [3.05, 3.63) is 53.8 Å². The fourth-order valence-electron chi connectivity index (χ4n) is 1.57. The third-order valence-corrected chi connectivity index (χ3v) is 3.66. The highest BCUT2D eigenvalue weighted by Crippen LogP contribution is 2.33. The van der Waals surface area contributed by atoms with E-state index in [0.717, 1.165) is 10.6 Å². The van der Waals surface area contributed by atoms with Gasteiger partial charge in [-0.1, -0.05) is 30.3 Å². The van der Waals surface area contributed by atoms with E-state index < -0.39 is 5.82 Å². The van der Waals surface area contributed by atoms with Crippen molar-refractivity contribution in [2.75, 3.05) is 12.8 Å². The minimum absolute atomic E-state index is 0.222. The Morgan fingerprint density at radius 2 is 1.94 bits per heavy atom. The van der Waals surface area contributed by atoms with Crippen molar-refractivity contribution >= 4 is 17.4 Å². The molecule has 0 saturated heterocycles. The SMILES string of the molecule is COc1cc(SCc2ccccc2)c(N)cc1F. The molecule has 0 atom stereocenters. The minimum Gasteiger partial charge on any atom is -0.494 e. The molecule has 0 aliphatic heterocycles. The summed E-state index contributed by atoms with van der Waals surface area (Å²) in [5.74, 6) is 0.582. The van der Waals surface area contributed by atoms with Gasteiger partial charge in [0.05, 0.1) is 7.11 Å². The van der Waals surface area contributed by atoms with Gasteiger partial charge in [-0.15, -0.1) is 11.8 Å². The van der Waals surface area contributed by atoms with Crippen molar-refractivity contribution in [3.63, 3.8) is 0 Å². The zero-order valence-corrected chi connectivity index (χ0v) is 10.8. The minimum atomic E-state index is -0.431. The molecule has 2 N–H and O–H groups in total. The number of anilines is 1. The second kappa shape index (κ2) is 5.78. The van der Waals surface area contributed by atoms with Crippen LogP contribution >= 0.6 is 11.8 Å². The first kappa shape index (κ1) is 12.8. The predicted molar refractivity (Wildman–Crippen MR) is 73.4 cm³/mol. The number of hydrogen-bond acceptors (Lipinski definition) is 3. The Morgan fingerprint density at radius 1 is 1.22 bits per heavy atom. The van der Waals surface area contributed by atoms with E-state index in [2.05, 4.69) is 0 Å². The molecule has 0 bridgehead atoms. The van der Waals surface area contributed by atoms with Gasteiger partial charge in [-0.05, 0) is 11.6 Å². The normalized spacial score (nSPS) is 10.3. The lowest BCUT2D eigenvalue weighted by Crippen LogP contribution is -1.94. The van der Waals surface area contributed by atoms with E-state index in [1.165, 1.54) is 18.7 Å². The molecule has 0 radical (unpaired) electrons. The van der Waals surface area contributed by atoms with Gasteiger partial charge in [-0.25, -0.2) is 4.39 Å². The molecular formula is C14H14FNOS. The average Bonchev–Trinajstić information content (AvgIpc) is 2.39. The van der Waals surface area contributed by atoms with Gasteiger partial charge in [0.15, 0.2) is 11.6 Å². The maximum Gasteiger partial charge on any atom is 0.167 e. The summed E-state index contributed by atoms with van der Waals surface area (Å²) >= 11 is 1.57. The van der Waals surface area contributed by atoms with E-state index in [9.17, 15) is 4.39 Å². The van der Waals surface area contributed by atoms with Crippen LogP contribution in [0.4, 0.5) is 10.1 Å². The Morgan fingerprint density at radius 3 is 2.61 bits per heavy atom. The van der Waals surface area contributed by atoms with Crippen LogP contribution in [0.25, 0.3) is 0 Å². The first-order valence-corrected chi connectivity index (χ1v) is 6.49. The summed E-state index contributed by atoms with van der Waals surface area (Å²) in [6.45, 7) is 0. The lowest BCUT2D eigenvalue weighted by Gasteiger charge is -2.09. The molecule has 2 nitrogen and oxygen atoms in total. The fourth-order valence-corrected chi connectivity index (χ4v) is 2.50. The summed E-state index contributed by atoms with van der Waals surface area (Å²) < 4.78 is 18.3. The van der Waals surface area contributed by atoms with Gasteiger partial charge in [0.2, 0.25) is 0 Å². The number of hydrogen-bond donors (Lipinski definition) is 1. The Balaban J connectivity index is 2.14. The van der Waals surface area contributed by atoms with Crippen molar-refractivity contribution < 1.29 is 9.13 Å². The number of halogens is 1. The van der Waals surface area contributed by atoms with Crippen LogP contribution in [0.5, 0.6) is 5.75 Å². The topological polar surface area (TPSA) is 35.2 Å². The highest BCUT2D eigenvalue weighted by molar-refractivity contribution is 7.98. The summed E-state index contributed by atoms with van der Waals surface area (Å²) in [5, 5.41) is 0. The highest BCUT2D eigenvalue weighted by Gasteiger charge is 2.08. The Labute approximate surface area is 110 Å². The number of thioether (sulfide) groups is 1. The molecule has 2 aromatic carbocycles. The number of rotatable bonds is 4. The zero-order valence-electron chi connectivity index (χ0n) is 10.0. The molecule has 4 heteroatoms. The molecule has 0 unspecified atom stereocenters. The molecule has 94 valence electrons. The number of nitrogens with two attached hydrogens (primary N) is 1. The third kappa shape index (κ3) is 2.96. The van der Waals surface area contributed by atoms with E-state index >= 15 is 0 Å². The van der Waals surface area contributed by atoms with E-state index in [4.69, 9.17) is 10.5 Å². The van der Waals surface area contributed by atoms with Crippen molar-refractivity contribution in [2.24, 2.45) is 0 Å². The summed E-state index contributed by atoms with van der Waals surface area (Å²) in [7, 11) is 1.44.